The highest BCUT2D eigenvalue weighted by Gasteiger charge is 2.17. The van der Waals surface area contributed by atoms with Gasteiger partial charge in [-0.05, 0) is 30.3 Å². The minimum absolute atomic E-state index is 0.668. The zero-order valence-corrected chi connectivity index (χ0v) is 14.4. The van der Waals surface area contributed by atoms with Crippen molar-refractivity contribution in [1.82, 2.24) is 14.9 Å². The Labute approximate surface area is 143 Å². The van der Waals surface area contributed by atoms with Crippen LogP contribution in [0.4, 0.5) is 11.8 Å². The molecule has 0 unspecified atom stereocenters. The van der Waals surface area contributed by atoms with Crippen molar-refractivity contribution in [3.05, 3.63) is 42.1 Å². The van der Waals surface area contributed by atoms with Gasteiger partial charge in [0.2, 0.25) is 5.95 Å². The first-order valence-electron chi connectivity index (χ1n) is 8.45. The summed E-state index contributed by atoms with van der Waals surface area (Å²) in [5, 5.41) is 3.30. The van der Waals surface area contributed by atoms with Gasteiger partial charge in [-0.25, -0.2) is 4.98 Å². The number of ether oxygens (including phenoxy) is 1. The summed E-state index contributed by atoms with van der Waals surface area (Å²) in [6, 6.07) is 9.99. The van der Waals surface area contributed by atoms with E-state index in [-0.39, 0.29) is 0 Å². The maximum Gasteiger partial charge on any atom is 0.224 e. The molecule has 1 fully saturated rings. The Hall–Kier alpha value is -2.34. The van der Waals surface area contributed by atoms with Crippen LogP contribution in [0.1, 0.15) is 12.5 Å². The summed E-state index contributed by atoms with van der Waals surface area (Å²) in [5.74, 6) is 2.53. The van der Waals surface area contributed by atoms with Crippen LogP contribution in [0.25, 0.3) is 0 Å². The second-order valence-electron chi connectivity index (χ2n) is 5.86. The molecule has 3 rings (SSSR count). The van der Waals surface area contributed by atoms with Crippen molar-refractivity contribution >= 4 is 11.8 Å². The molecule has 0 amide bonds. The fraction of sp³-hybridized carbons (Fsp3) is 0.444. The van der Waals surface area contributed by atoms with Gasteiger partial charge < -0.3 is 19.9 Å². The van der Waals surface area contributed by atoms with Crippen LogP contribution in [0, 0.1) is 0 Å². The van der Waals surface area contributed by atoms with Gasteiger partial charge in [-0.3, -0.25) is 0 Å². The maximum atomic E-state index is 5.18. The third kappa shape index (κ3) is 4.14. The summed E-state index contributed by atoms with van der Waals surface area (Å²) in [7, 11) is 1.67. The molecule has 6 heteroatoms. The van der Waals surface area contributed by atoms with E-state index in [1.165, 1.54) is 5.56 Å². The Bertz CT molecular complexity index is 638. The maximum absolute atomic E-state index is 5.18. The highest BCUT2D eigenvalue weighted by Crippen LogP contribution is 2.16. The summed E-state index contributed by atoms with van der Waals surface area (Å²) >= 11 is 0. The van der Waals surface area contributed by atoms with E-state index in [2.05, 4.69) is 32.0 Å². The van der Waals surface area contributed by atoms with Crippen LogP contribution < -0.4 is 15.0 Å². The fourth-order valence-corrected chi connectivity index (χ4v) is 2.83. The second-order valence-corrected chi connectivity index (χ2v) is 5.86. The molecular formula is C18H25N5O. The SMILES string of the molecule is CCN1CCN(c2ccnc(NCc3ccc(OC)cc3)n2)CC1. The molecule has 128 valence electrons. The van der Waals surface area contributed by atoms with E-state index in [1.807, 2.05) is 36.5 Å². The van der Waals surface area contributed by atoms with Gasteiger partial charge in [-0.15, -0.1) is 0 Å². The molecule has 1 N–H and O–H groups in total. The van der Waals surface area contributed by atoms with Gasteiger partial charge in [-0.1, -0.05) is 19.1 Å². The van der Waals surface area contributed by atoms with Gasteiger partial charge in [0.05, 0.1) is 7.11 Å². The Kier molecular flexibility index (Phi) is 5.48. The second kappa shape index (κ2) is 7.97. The van der Waals surface area contributed by atoms with Crippen LogP contribution in [-0.2, 0) is 6.54 Å². The van der Waals surface area contributed by atoms with Gasteiger partial charge in [0.1, 0.15) is 11.6 Å². The van der Waals surface area contributed by atoms with Crippen LogP contribution in [0.3, 0.4) is 0 Å². The van der Waals surface area contributed by atoms with Crippen molar-refractivity contribution in [2.45, 2.75) is 13.5 Å². The van der Waals surface area contributed by atoms with Crippen molar-refractivity contribution in [1.29, 1.82) is 0 Å². The number of aromatic nitrogens is 2. The molecule has 24 heavy (non-hydrogen) atoms. The van der Waals surface area contributed by atoms with E-state index in [4.69, 9.17) is 4.74 Å². The zero-order chi connectivity index (χ0) is 16.8. The molecule has 0 spiro atoms. The first-order chi connectivity index (χ1) is 11.8. The fourth-order valence-electron chi connectivity index (χ4n) is 2.83. The predicted molar refractivity (Wildman–Crippen MR) is 96.7 cm³/mol. The quantitative estimate of drug-likeness (QED) is 0.878. The van der Waals surface area contributed by atoms with Gasteiger partial charge in [0.25, 0.3) is 0 Å². The Morgan fingerprint density at radius 2 is 1.83 bits per heavy atom. The highest BCUT2D eigenvalue weighted by molar-refractivity contribution is 5.43. The average molecular weight is 327 g/mol. The lowest BCUT2D eigenvalue weighted by molar-refractivity contribution is 0.270. The van der Waals surface area contributed by atoms with Crippen molar-refractivity contribution < 1.29 is 4.74 Å². The van der Waals surface area contributed by atoms with E-state index in [0.29, 0.717) is 12.5 Å². The molecule has 0 saturated carbocycles. The lowest BCUT2D eigenvalue weighted by Gasteiger charge is -2.34. The smallest absolute Gasteiger partial charge is 0.224 e. The van der Waals surface area contributed by atoms with E-state index >= 15 is 0 Å². The van der Waals surface area contributed by atoms with Crippen LogP contribution in [0.2, 0.25) is 0 Å². The lowest BCUT2D eigenvalue weighted by Crippen LogP contribution is -2.46. The number of likely N-dealkylation sites (N-methyl/N-ethyl adjacent to an activating group) is 1. The predicted octanol–water partition coefficient (Wildman–Crippen LogP) is 2.24. The summed E-state index contributed by atoms with van der Waals surface area (Å²) < 4.78 is 5.18. The van der Waals surface area contributed by atoms with Gasteiger partial charge in [-0.2, -0.15) is 4.98 Å². The number of benzene rings is 1. The Balaban J connectivity index is 1.58. The lowest BCUT2D eigenvalue weighted by atomic mass is 10.2. The Morgan fingerprint density at radius 1 is 1.08 bits per heavy atom. The standard InChI is InChI=1S/C18H25N5O/c1-3-22-10-12-23(13-11-22)17-8-9-19-18(21-17)20-14-15-4-6-16(24-2)7-5-15/h4-9H,3,10-14H2,1-2H3,(H,19,20,21). The van der Waals surface area contributed by atoms with E-state index in [0.717, 1.165) is 44.3 Å². The van der Waals surface area contributed by atoms with Crippen molar-refractivity contribution in [3.8, 4) is 5.75 Å². The highest BCUT2D eigenvalue weighted by atomic mass is 16.5. The van der Waals surface area contributed by atoms with Crippen molar-refractivity contribution in [3.63, 3.8) is 0 Å². The van der Waals surface area contributed by atoms with Gasteiger partial charge >= 0.3 is 0 Å². The van der Waals surface area contributed by atoms with E-state index in [1.54, 1.807) is 7.11 Å². The molecule has 1 aliphatic rings. The van der Waals surface area contributed by atoms with Gasteiger partial charge in [0, 0.05) is 38.9 Å². The molecular weight excluding hydrogens is 302 g/mol. The van der Waals surface area contributed by atoms with Crippen molar-refractivity contribution in [2.24, 2.45) is 0 Å². The zero-order valence-electron chi connectivity index (χ0n) is 14.4. The molecule has 0 radical (unpaired) electrons. The summed E-state index contributed by atoms with van der Waals surface area (Å²) in [6.07, 6.45) is 1.82. The number of hydrogen-bond donors (Lipinski definition) is 1. The number of methoxy groups -OCH3 is 1. The average Bonchev–Trinajstić information content (AvgIpc) is 2.67. The number of hydrogen-bond acceptors (Lipinski definition) is 6. The summed E-state index contributed by atoms with van der Waals surface area (Å²) in [4.78, 5) is 13.8. The van der Waals surface area contributed by atoms with E-state index in [9.17, 15) is 0 Å². The Morgan fingerprint density at radius 3 is 2.50 bits per heavy atom. The minimum Gasteiger partial charge on any atom is -0.497 e. The molecule has 2 aromatic rings. The number of piperazine rings is 1. The largest absolute Gasteiger partial charge is 0.497 e. The molecule has 2 heterocycles. The monoisotopic (exact) mass is 327 g/mol. The third-order valence-electron chi connectivity index (χ3n) is 4.39. The van der Waals surface area contributed by atoms with E-state index < -0.39 is 0 Å². The third-order valence-corrected chi connectivity index (χ3v) is 4.39. The van der Waals surface area contributed by atoms with Crippen LogP contribution >= 0.6 is 0 Å². The van der Waals surface area contributed by atoms with Crippen LogP contribution in [0.5, 0.6) is 5.75 Å². The van der Waals surface area contributed by atoms with Crippen LogP contribution in [-0.4, -0.2) is 54.7 Å². The normalized spacial score (nSPS) is 15.3. The van der Waals surface area contributed by atoms with Crippen molar-refractivity contribution in [2.75, 3.05) is 50.1 Å². The minimum atomic E-state index is 0.668. The topological polar surface area (TPSA) is 53.5 Å². The molecule has 1 saturated heterocycles. The molecule has 1 aliphatic heterocycles. The van der Waals surface area contributed by atoms with Crippen LogP contribution in [0.15, 0.2) is 36.5 Å². The molecule has 0 bridgehead atoms. The molecule has 0 aliphatic carbocycles. The molecule has 1 aromatic carbocycles. The molecule has 0 atom stereocenters. The number of nitrogens with zero attached hydrogens (tertiary/aromatic N) is 4. The number of rotatable bonds is 6. The summed E-state index contributed by atoms with van der Waals surface area (Å²) in [6.45, 7) is 8.24. The first kappa shape index (κ1) is 16.5. The number of anilines is 2. The molecule has 1 aromatic heterocycles. The number of nitrogens with one attached hydrogen (secondary N) is 1. The molecule has 6 nitrogen and oxygen atoms in total. The first-order valence-corrected chi connectivity index (χ1v) is 8.45. The summed E-state index contributed by atoms with van der Waals surface area (Å²) in [5.41, 5.74) is 1.17. The van der Waals surface area contributed by atoms with Gasteiger partial charge in [0.15, 0.2) is 0 Å².